The number of nitrogens with two attached hydrogens (primary N) is 1. The first-order chi connectivity index (χ1) is 9.53. The first-order valence-corrected chi connectivity index (χ1v) is 8.34. The molecule has 2 aromatic rings. The quantitative estimate of drug-likeness (QED) is 0.790. The largest absolute Gasteiger partial charge is 0.492 e. The van der Waals surface area contributed by atoms with Gasteiger partial charge in [-0.1, -0.05) is 0 Å². The van der Waals surface area contributed by atoms with Crippen LogP contribution in [0.4, 0.5) is 5.69 Å². The molecule has 0 saturated carbocycles. The molecular weight excluding hydrogens is 298 g/mol. The average molecular weight is 313 g/mol. The first-order valence-electron chi connectivity index (χ1n) is 5.92. The Bertz CT molecular complexity index is 669. The van der Waals surface area contributed by atoms with Crippen LogP contribution in [-0.4, -0.2) is 20.0 Å². The highest BCUT2D eigenvalue weighted by molar-refractivity contribution is 7.89. The SMILES string of the molecule is CCOc1ccc(N)cc1S(=O)(=O)NCc1cscn1. The minimum atomic E-state index is -3.70. The van der Waals surface area contributed by atoms with E-state index in [1.165, 1.54) is 17.4 Å². The van der Waals surface area contributed by atoms with Crippen molar-refractivity contribution in [1.29, 1.82) is 0 Å². The molecule has 8 heteroatoms. The van der Waals surface area contributed by atoms with Gasteiger partial charge in [0.25, 0.3) is 0 Å². The summed E-state index contributed by atoms with van der Waals surface area (Å²) < 4.78 is 32.4. The van der Waals surface area contributed by atoms with E-state index in [0.29, 0.717) is 18.0 Å². The summed E-state index contributed by atoms with van der Waals surface area (Å²) in [6.45, 7) is 2.29. The van der Waals surface area contributed by atoms with Crippen LogP contribution in [0.5, 0.6) is 5.75 Å². The molecule has 0 unspecified atom stereocenters. The van der Waals surface area contributed by atoms with Crippen LogP contribution < -0.4 is 15.2 Å². The Balaban J connectivity index is 2.26. The standard InChI is InChI=1S/C12H15N3O3S2/c1-2-18-11-4-3-9(13)5-12(11)20(16,17)15-6-10-7-19-8-14-10/h3-5,7-8,15H,2,6,13H2,1H3. The monoisotopic (exact) mass is 313 g/mol. The number of anilines is 1. The van der Waals surface area contributed by atoms with Gasteiger partial charge >= 0.3 is 0 Å². The van der Waals surface area contributed by atoms with E-state index in [2.05, 4.69) is 9.71 Å². The topological polar surface area (TPSA) is 94.3 Å². The van der Waals surface area contributed by atoms with E-state index in [1.54, 1.807) is 29.9 Å². The lowest BCUT2D eigenvalue weighted by Crippen LogP contribution is -2.24. The highest BCUT2D eigenvalue weighted by atomic mass is 32.2. The number of nitrogens with one attached hydrogen (secondary N) is 1. The summed E-state index contributed by atoms with van der Waals surface area (Å²) in [5.74, 6) is 0.285. The number of nitrogen functional groups attached to an aromatic ring is 1. The molecule has 1 aromatic heterocycles. The molecule has 0 radical (unpaired) electrons. The highest BCUT2D eigenvalue weighted by Crippen LogP contribution is 2.26. The number of rotatable bonds is 6. The van der Waals surface area contributed by atoms with Gasteiger partial charge in [-0.15, -0.1) is 11.3 Å². The second kappa shape index (κ2) is 6.21. The van der Waals surface area contributed by atoms with Gasteiger partial charge in [-0.05, 0) is 25.1 Å². The van der Waals surface area contributed by atoms with Crippen molar-refractivity contribution in [2.75, 3.05) is 12.3 Å². The maximum Gasteiger partial charge on any atom is 0.244 e. The summed E-state index contributed by atoms with van der Waals surface area (Å²) >= 11 is 1.41. The van der Waals surface area contributed by atoms with E-state index in [-0.39, 0.29) is 17.2 Å². The fourth-order valence-corrected chi connectivity index (χ4v) is 3.32. The molecule has 3 N–H and O–H groups in total. The van der Waals surface area contributed by atoms with Crippen LogP contribution >= 0.6 is 11.3 Å². The van der Waals surface area contributed by atoms with E-state index in [1.807, 2.05) is 0 Å². The van der Waals surface area contributed by atoms with Gasteiger partial charge in [0.1, 0.15) is 10.6 Å². The Kier molecular flexibility index (Phi) is 4.58. The molecule has 0 atom stereocenters. The van der Waals surface area contributed by atoms with Gasteiger partial charge in [-0.25, -0.2) is 18.1 Å². The molecule has 1 heterocycles. The number of benzene rings is 1. The molecule has 0 bridgehead atoms. The predicted octanol–water partition coefficient (Wildman–Crippen LogP) is 1.60. The van der Waals surface area contributed by atoms with Crippen LogP contribution in [0.2, 0.25) is 0 Å². The van der Waals surface area contributed by atoms with Crippen LogP contribution in [-0.2, 0) is 16.6 Å². The molecule has 0 aliphatic rings. The third kappa shape index (κ3) is 3.47. The van der Waals surface area contributed by atoms with Gasteiger partial charge in [0.2, 0.25) is 10.0 Å². The average Bonchev–Trinajstić information content (AvgIpc) is 2.92. The lowest BCUT2D eigenvalue weighted by atomic mass is 10.3. The van der Waals surface area contributed by atoms with Crippen molar-refractivity contribution in [3.63, 3.8) is 0 Å². The second-order valence-electron chi connectivity index (χ2n) is 3.94. The van der Waals surface area contributed by atoms with Gasteiger partial charge in [0.15, 0.2) is 0 Å². The van der Waals surface area contributed by atoms with Crippen molar-refractivity contribution in [3.8, 4) is 5.75 Å². The van der Waals surface area contributed by atoms with Gasteiger partial charge < -0.3 is 10.5 Å². The number of hydrogen-bond acceptors (Lipinski definition) is 6. The summed E-state index contributed by atoms with van der Waals surface area (Å²) in [5, 5.41) is 1.78. The van der Waals surface area contributed by atoms with E-state index in [4.69, 9.17) is 10.5 Å². The zero-order valence-electron chi connectivity index (χ0n) is 10.9. The van der Waals surface area contributed by atoms with E-state index >= 15 is 0 Å². The molecule has 0 spiro atoms. The fourth-order valence-electron chi connectivity index (χ4n) is 1.58. The lowest BCUT2D eigenvalue weighted by Gasteiger charge is -2.12. The number of thiazole rings is 1. The Labute approximate surface area is 121 Å². The predicted molar refractivity (Wildman–Crippen MR) is 78.2 cm³/mol. The van der Waals surface area contributed by atoms with E-state index in [0.717, 1.165) is 0 Å². The number of aromatic nitrogens is 1. The highest BCUT2D eigenvalue weighted by Gasteiger charge is 2.20. The fraction of sp³-hybridized carbons (Fsp3) is 0.250. The van der Waals surface area contributed by atoms with Crippen LogP contribution in [0.1, 0.15) is 12.6 Å². The van der Waals surface area contributed by atoms with Gasteiger partial charge in [0, 0.05) is 11.1 Å². The maximum atomic E-state index is 12.3. The Morgan fingerprint density at radius 3 is 2.90 bits per heavy atom. The Morgan fingerprint density at radius 1 is 1.45 bits per heavy atom. The lowest BCUT2D eigenvalue weighted by molar-refractivity contribution is 0.331. The summed E-state index contributed by atoms with van der Waals surface area (Å²) in [6.07, 6.45) is 0. The van der Waals surface area contributed by atoms with Crippen molar-refractivity contribution in [3.05, 3.63) is 34.8 Å². The number of sulfonamides is 1. The molecule has 0 saturated heterocycles. The molecule has 0 amide bonds. The maximum absolute atomic E-state index is 12.3. The molecule has 0 fully saturated rings. The van der Waals surface area contributed by atoms with Crippen LogP contribution in [0.3, 0.4) is 0 Å². The molecule has 1 aromatic carbocycles. The molecule has 20 heavy (non-hydrogen) atoms. The summed E-state index contributed by atoms with van der Waals surface area (Å²) in [5.41, 5.74) is 8.33. The summed E-state index contributed by atoms with van der Waals surface area (Å²) in [4.78, 5) is 4.06. The molecule has 0 aliphatic heterocycles. The van der Waals surface area contributed by atoms with Crippen molar-refractivity contribution in [2.45, 2.75) is 18.4 Å². The van der Waals surface area contributed by atoms with Crippen LogP contribution in [0.25, 0.3) is 0 Å². The Morgan fingerprint density at radius 2 is 2.25 bits per heavy atom. The van der Waals surface area contributed by atoms with Crippen molar-refractivity contribution < 1.29 is 13.2 Å². The van der Waals surface area contributed by atoms with Crippen molar-refractivity contribution in [2.24, 2.45) is 0 Å². The molecule has 2 rings (SSSR count). The molecule has 0 aliphatic carbocycles. The molecule has 6 nitrogen and oxygen atoms in total. The third-order valence-corrected chi connectivity index (χ3v) is 4.54. The normalized spacial score (nSPS) is 11.4. The summed E-state index contributed by atoms with van der Waals surface area (Å²) in [6, 6.07) is 4.54. The van der Waals surface area contributed by atoms with Gasteiger partial charge in [0.05, 0.1) is 24.4 Å². The van der Waals surface area contributed by atoms with Gasteiger partial charge in [-0.3, -0.25) is 0 Å². The smallest absolute Gasteiger partial charge is 0.244 e. The molecular formula is C12H15N3O3S2. The zero-order chi connectivity index (χ0) is 14.6. The van der Waals surface area contributed by atoms with Crippen molar-refractivity contribution >= 4 is 27.0 Å². The third-order valence-electron chi connectivity index (χ3n) is 2.48. The number of nitrogens with zero attached hydrogens (tertiary/aromatic N) is 1. The number of ether oxygens (including phenoxy) is 1. The zero-order valence-corrected chi connectivity index (χ0v) is 12.5. The number of hydrogen-bond donors (Lipinski definition) is 2. The first kappa shape index (κ1) is 14.8. The minimum absolute atomic E-state index is 0.0366. The minimum Gasteiger partial charge on any atom is -0.492 e. The van der Waals surface area contributed by atoms with Crippen molar-refractivity contribution in [1.82, 2.24) is 9.71 Å². The summed E-state index contributed by atoms with van der Waals surface area (Å²) in [7, 11) is -3.70. The van der Waals surface area contributed by atoms with E-state index in [9.17, 15) is 8.42 Å². The Hall–Kier alpha value is -1.64. The van der Waals surface area contributed by atoms with Gasteiger partial charge in [-0.2, -0.15) is 0 Å². The second-order valence-corrected chi connectivity index (χ2v) is 6.40. The van der Waals surface area contributed by atoms with Crippen LogP contribution in [0.15, 0.2) is 34.0 Å². The van der Waals surface area contributed by atoms with E-state index < -0.39 is 10.0 Å². The van der Waals surface area contributed by atoms with Crippen LogP contribution in [0, 0.1) is 0 Å². The molecule has 108 valence electrons.